The van der Waals surface area contributed by atoms with Crippen molar-refractivity contribution in [2.24, 2.45) is 5.92 Å². The molecule has 0 aliphatic carbocycles. The molecule has 0 N–H and O–H groups in total. The van der Waals surface area contributed by atoms with Gasteiger partial charge in [0, 0.05) is 26.2 Å². The summed E-state index contributed by atoms with van der Waals surface area (Å²) >= 11 is 8.21. The number of nitrogens with zero attached hydrogens (tertiary/aromatic N) is 4. The average molecular weight is 423 g/mol. The van der Waals surface area contributed by atoms with E-state index >= 15 is 0 Å². The Morgan fingerprint density at radius 2 is 1.96 bits per heavy atom. The molecule has 4 rings (SSSR count). The van der Waals surface area contributed by atoms with E-state index < -0.39 is 0 Å². The second kappa shape index (κ2) is 9.16. The van der Waals surface area contributed by atoms with E-state index in [-0.39, 0.29) is 0 Å². The molecule has 0 radical (unpaired) electrons. The highest BCUT2D eigenvalue weighted by molar-refractivity contribution is 7.16. The number of likely N-dealkylation sites (tertiary alicyclic amines) is 1. The number of piperidine rings is 1. The van der Waals surface area contributed by atoms with Crippen molar-refractivity contribution in [2.45, 2.75) is 45.7 Å². The van der Waals surface area contributed by atoms with E-state index in [1.807, 2.05) is 6.92 Å². The van der Waals surface area contributed by atoms with Gasteiger partial charge in [0.25, 0.3) is 0 Å². The first kappa shape index (κ1) is 20.2. The third-order valence-corrected chi connectivity index (χ3v) is 7.41. The third-order valence-electron chi connectivity index (χ3n) is 5.88. The number of furan rings is 1. The molecule has 0 bridgehead atoms. The minimum absolute atomic E-state index is 0.697. The monoisotopic (exact) mass is 422 g/mol. The number of hydrogen-bond donors (Lipinski definition) is 0. The van der Waals surface area contributed by atoms with Gasteiger partial charge in [-0.25, -0.2) is 4.98 Å². The van der Waals surface area contributed by atoms with Crippen LogP contribution < -0.4 is 4.90 Å². The first-order valence-electron chi connectivity index (χ1n) is 10.4. The molecule has 7 heteroatoms. The maximum Gasteiger partial charge on any atom is 0.187 e. The Hall–Kier alpha value is -1.08. The highest BCUT2D eigenvalue weighted by Gasteiger charge is 2.23. The van der Waals surface area contributed by atoms with E-state index in [9.17, 15) is 0 Å². The summed E-state index contributed by atoms with van der Waals surface area (Å²) in [6, 6.07) is 4.15. The smallest absolute Gasteiger partial charge is 0.187 e. The number of thiazole rings is 1. The van der Waals surface area contributed by atoms with E-state index in [0.717, 1.165) is 68.4 Å². The molecule has 2 aliphatic rings. The van der Waals surface area contributed by atoms with Crippen LogP contribution in [-0.4, -0.2) is 54.6 Å². The number of hydrogen-bond acceptors (Lipinski definition) is 6. The Morgan fingerprint density at radius 1 is 1.21 bits per heavy atom. The Labute approximate surface area is 177 Å². The molecule has 2 saturated heterocycles. The van der Waals surface area contributed by atoms with Gasteiger partial charge in [-0.3, -0.25) is 4.90 Å². The molecule has 2 aliphatic heterocycles. The van der Waals surface area contributed by atoms with E-state index in [1.165, 1.54) is 30.6 Å². The molecule has 154 valence electrons. The Bertz CT molecular complexity index is 762. The number of aryl methyl sites for hydroxylation is 1. The van der Waals surface area contributed by atoms with Gasteiger partial charge >= 0.3 is 0 Å². The molecule has 0 aromatic carbocycles. The number of rotatable bonds is 7. The Kier molecular flexibility index (Phi) is 6.61. The average Bonchev–Trinajstić information content (AvgIpc) is 3.40. The summed E-state index contributed by atoms with van der Waals surface area (Å²) in [5, 5.41) is 1.80. The van der Waals surface area contributed by atoms with Crippen LogP contribution in [0.15, 0.2) is 16.5 Å². The zero-order valence-corrected chi connectivity index (χ0v) is 18.6. The molecular weight excluding hydrogens is 392 g/mol. The second-order valence-corrected chi connectivity index (χ2v) is 9.75. The lowest BCUT2D eigenvalue weighted by Crippen LogP contribution is -2.37. The molecule has 28 heavy (non-hydrogen) atoms. The van der Waals surface area contributed by atoms with E-state index in [1.54, 1.807) is 11.3 Å². The van der Waals surface area contributed by atoms with Crippen molar-refractivity contribution in [3.63, 3.8) is 0 Å². The lowest BCUT2D eigenvalue weighted by atomic mass is 9.96. The normalized spacial score (nSPS) is 19.2. The lowest BCUT2D eigenvalue weighted by Gasteiger charge is -2.33. The van der Waals surface area contributed by atoms with Gasteiger partial charge in [-0.15, -0.1) is 0 Å². The van der Waals surface area contributed by atoms with Crippen molar-refractivity contribution >= 4 is 28.1 Å². The largest absolute Gasteiger partial charge is 0.465 e. The molecule has 5 nitrogen and oxygen atoms in total. The molecule has 0 spiro atoms. The van der Waals surface area contributed by atoms with Gasteiger partial charge in [-0.1, -0.05) is 22.9 Å². The summed E-state index contributed by atoms with van der Waals surface area (Å²) in [6.07, 6.45) is 5.04. The SMILES string of the molecule is Cc1ccc(CN2CCC(CN(C)Cc3sc(N4CCCC4)nc3Cl)CC2)o1. The van der Waals surface area contributed by atoms with Crippen molar-refractivity contribution in [1.29, 1.82) is 0 Å². The van der Waals surface area contributed by atoms with Crippen LogP contribution in [0, 0.1) is 12.8 Å². The molecule has 2 fully saturated rings. The van der Waals surface area contributed by atoms with Crippen LogP contribution in [0.25, 0.3) is 0 Å². The molecule has 0 unspecified atom stereocenters. The summed E-state index contributed by atoms with van der Waals surface area (Å²) in [4.78, 5) is 13.1. The van der Waals surface area contributed by atoms with Gasteiger partial charge in [0.05, 0.1) is 11.4 Å². The van der Waals surface area contributed by atoms with Gasteiger partial charge in [0.15, 0.2) is 5.13 Å². The fourth-order valence-corrected chi connectivity index (χ4v) is 5.72. The fourth-order valence-electron chi connectivity index (χ4n) is 4.33. The Morgan fingerprint density at radius 3 is 2.64 bits per heavy atom. The van der Waals surface area contributed by atoms with Crippen molar-refractivity contribution in [1.82, 2.24) is 14.8 Å². The van der Waals surface area contributed by atoms with Gasteiger partial charge in [0.2, 0.25) is 0 Å². The summed E-state index contributed by atoms with van der Waals surface area (Å²) in [5.41, 5.74) is 0. The van der Waals surface area contributed by atoms with Crippen LogP contribution in [0.4, 0.5) is 5.13 Å². The molecule has 4 heterocycles. The molecule has 0 amide bonds. The summed E-state index contributed by atoms with van der Waals surface area (Å²) in [7, 11) is 2.21. The predicted molar refractivity (Wildman–Crippen MR) is 116 cm³/mol. The summed E-state index contributed by atoms with van der Waals surface area (Å²) in [6.45, 7) is 9.51. The van der Waals surface area contributed by atoms with Crippen molar-refractivity contribution in [2.75, 3.05) is 44.7 Å². The van der Waals surface area contributed by atoms with Crippen molar-refractivity contribution < 1.29 is 4.42 Å². The quantitative estimate of drug-likeness (QED) is 0.649. The highest BCUT2D eigenvalue weighted by Crippen LogP contribution is 2.32. The Balaban J connectivity index is 1.23. The predicted octanol–water partition coefficient (Wildman–Crippen LogP) is 4.64. The first-order chi connectivity index (χ1) is 13.6. The van der Waals surface area contributed by atoms with Crippen LogP contribution in [-0.2, 0) is 13.1 Å². The zero-order chi connectivity index (χ0) is 19.5. The van der Waals surface area contributed by atoms with Gasteiger partial charge in [-0.2, -0.15) is 0 Å². The zero-order valence-electron chi connectivity index (χ0n) is 17.0. The van der Waals surface area contributed by atoms with Crippen molar-refractivity contribution in [3.05, 3.63) is 33.7 Å². The second-order valence-electron chi connectivity index (χ2n) is 8.33. The van der Waals surface area contributed by atoms with Gasteiger partial charge in [0.1, 0.15) is 16.7 Å². The third kappa shape index (κ3) is 5.09. The van der Waals surface area contributed by atoms with E-state index in [4.69, 9.17) is 16.0 Å². The number of halogens is 1. The highest BCUT2D eigenvalue weighted by atomic mass is 35.5. The fraction of sp³-hybridized carbons (Fsp3) is 0.667. The number of aromatic nitrogens is 1. The summed E-state index contributed by atoms with van der Waals surface area (Å²) < 4.78 is 5.72. The standard InChI is InChI=1S/C21H31ClN4OS/c1-16-5-6-18(27-16)14-25-11-7-17(8-12-25)13-24(2)15-19-20(22)23-21(28-19)26-9-3-4-10-26/h5-6,17H,3-4,7-15H2,1-2H3. The van der Waals surface area contributed by atoms with Crippen LogP contribution in [0.5, 0.6) is 0 Å². The minimum atomic E-state index is 0.697. The van der Waals surface area contributed by atoms with Gasteiger partial charge < -0.3 is 14.2 Å². The molecule has 0 atom stereocenters. The molecular formula is C21H31ClN4OS. The van der Waals surface area contributed by atoms with Crippen LogP contribution in [0.3, 0.4) is 0 Å². The van der Waals surface area contributed by atoms with E-state index in [0.29, 0.717) is 5.15 Å². The van der Waals surface area contributed by atoms with Crippen LogP contribution in [0.1, 0.15) is 42.1 Å². The number of anilines is 1. The molecule has 2 aromatic rings. The summed E-state index contributed by atoms with van der Waals surface area (Å²) in [5.74, 6) is 2.84. The maximum absolute atomic E-state index is 6.44. The first-order valence-corrected chi connectivity index (χ1v) is 11.6. The van der Waals surface area contributed by atoms with Crippen LogP contribution in [0.2, 0.25) is 5.15 Å². The van der Waals surface area contributed by atoms with Crippen molar-refractivity contribution in [3.8, 4) is 0 Å². The molecule has 0 saturated carbocycles. The minimum Gasteiger partial charge on any atom is -0.465 e. The van der Waals surface area contributed by atoms with Gasteiger partial charge in [-0.05, 0) is 70.8 Å². The maximum atomic E-state index is 6.44. The van der Waals surface area contributed by atoms with E-state index in [2.05, 4.69) is 38.9 Å². The molecule has 2 aromatic heterocycles. The lowest BCUT2D eigenvalue weighted by molar-refractivity contribution is 0.140. The van der Waals surface area contributed by atoms with Crippen LogP contribution >= 0.6 is 22.9 Å². The topological polar surface area (TPSA) is 35.8 Å².